The van der Waals surface area contributed by atoms with E-state index < -0.39 is 13.7 Å². The van der Waals surface area contributed by atoms with Crippen LogP contribution in [0.4, 0.5) is 0 Å². The van der Waals surface area contributed by atoms with Crippen molar-refractivity contribution in [3.05, 3.63) is 12.2 Å². The average molecular weight is 290 g/mol. The summed E-state index contributed by atoms with van der Waals surface area (Å²) in [6, 6.07) is 0. The predicted octanol–water partition coefficient (Wildman–Crippen LogP) is 0.852. The van der Waals surface area contributed by atoms with Crippen molar-refractivity contribution in [1.29, 1.82) is 0 Å². The Morgan fingerprint density at radius 1 is 1.37 bits per heavy atom. The summed E-state index contributed by atoms with van der Waals surface area (Å²) in [5.74, 6) is -0.399. The minimum absolute atomic E-state index is 0.0569. The highest BCUT2D eigenvalue weighted by atomic mass is 31.1. The van der Waals surface area contributed by atoms with E-state index in [4.69, 9.17) is 4.74 Å². The zero-order chi connectivity index (χ0) is 15.1. The third-order valence-electron chi connectivity index (χ3n) is 2.24. The van der Waals surface area contributed by atoms with Gasteiger partial charge in [0, 0.05) is 5.57 Å². The first-order chi connectivity index (χ1) is 8.63. The van der Waals surface area contributed by atoms with Crippen LogP contribution in [0.3, 0.4) is 0 Å². The average Bonchev–Trinajstić information content (AvgIpc) is 2.25. The number of unbranched alkanes of at least 4 members (excludes halogenated alkanes) is 1. The molecule has 1 unspecified atom stereocenters. The van der Waals surface area contributed by atoms with E-state index in [-0.39, 0.29) is 5.48 Å². The molecule has 0 amide bonds. The molecule has 0 bridgehead atoms. The quantitative estimate of drug-likeness (QED) is 0.236. The van der Waals surface area contributed by atoms with Crippen LogP contribution in [0.15, 0.2) is 12.2 Å². The van der Waals surface area contributed by atoms with Crippen LogP contribution >= 0.6 is 7.77 Å². The van der Waals surface area contributed by atoms with Gasteiger partial charge in [0.1, 0.15) is 6.16 Å². The minimum atomic E-state index is -1.70. The maximum atomic E-state index is 11.8. The van der Waals surface area contributed by atoms with E-state index in [1.807, 2.05) is 21.1 Å². The second-order valence-corrected chi connectivity index (χ2v) is 7.31. The Bertz CT molecular complexity index is 358. The maximum Gasteiger partial charge on any atom is 0.333 e. The van der Waals surface area contributed by atoms with Gasteiger partial charge < -0.3 is 19.2 Å². The highest BCUT2D eigenvalue weighted by Gasteiger charge is 2.16. The Morgan fingerprint density at radius 2 is 1.95 bits per heavy atom. The van der Waals surface area contributed by atoms with E-state index in [0.717, 1.165) is 0 Å². The molecule has 0 rings (SSSR count). The van der Waals surface area contributed by atoms with Gasteiger partial charge in [-0.3, -0.25) is 0 Å². The van der Waals surface area contributed by atoms with Gasteiger partial charge in [-0.25, -0.2) is 4.79 Å². The molecule has 0 aliphatic rings. The van der Waals surface area contributed by atoms with E-state index in [9.17, 15) is 14.8 Å². The molecule has 0 saturated heterocycles. The van der Waals surface area contributed by atoms with E-state index in [1.165, 1.54) is 0 Å². The van der Waals surface area contributed by atoms with Gasteiger partial charge in [0.05, 0.1) is 35.5 Å². The molecule has 1 atom stereocenters. The largest absolute Gasteiger partial charge is 0.629 e. The van der Waals surface area contributed by atoms with E-state index in [1.54, 1.807) is 6.92 Å². The van der Waals surface area contributed by atoms with Gasteiger partial charge in [0.2, 0.25) is 0 Å². The number of hydrogen-bond acceptors (Lipinski definition) is 3. The topological polar surface area (TPSA) is 69.6 Å². The molecular formula is C13H25NO4P+. The number of likely N-dealkylation sites (N-methyl/N-ethyl adjacent to an activating group) is 1. The first kappa shape index (κ1) is 18.3. The standard InChI is InChI=1S/C13H24NO4P/c1-11(2)13(16)18-8-6-7-9-19(17)12(15)10-14(3,4)5/h1,6-10H2,2-5H3/p+1. The Kier molecular flexibility index (Phi) is 8.11. The molecule has 6 heteroatoms. The molecule has 0 aromatic heterocycles. The molecule has 1 N–H and O–H groups in total. The first-order valence-corrected chi connectivity index (χ1v) is 7.70. The molecule has 0 radical (unpaired) electrons. The summed E-state index contributed by atoms with van der Waals surface area (Å²) in [4.78, 5) is 22.8. The smallest absolute Gasteiger partial charge is 0.333 e. The van der Waals surface area contributed by atoms with E-state index in [2.05, 4.69) is 6.58 Å². The number of quaternary nitrogens is 1. The normalized spacial score (nSPS) is 12.9. The Morgan fingerprint density at radius 3 is 2.42 bits per heavy atom. The van der Waals surface area contributed by atoms with Crippen LogP contribution < -0.4 is 4.89 Å². The molecule has 110 valence electrons. The van der Waals surface area contributed by atoms with Crippen LogP contribution in [-0.2, 0) is 9.53 Å². The number of carbonyl (C=O) groups excluding carboxylic acids is 1. The van der Waals surface area contributed by atoms with Crippen molar-refractivity contribution in [3.63, 3.8) is 0 Å². The number of aliphatic hydroxyl groups is 1. The molecule has 5 nitrogen and oxygen atoms in total. The van der Waals surface area contributed by atoms with Crippen molar-refractivity contribution in [3.8, 4) is 0 Å². The highest BCUT2D eigenvalue weighted by Crippen LogP contribution is 2.16. The number of esters is 1. The van der Waals surface area contributed by atoms with Crippen molar-refractivity contribution >= 4 is 19.2 Å². The second kappa shape index (κ2) is 8.43. The van der Waals surface area contributed by atoms with Crippen LogP contribution in [0, 0.1) is 0 Å². The monoisotopic (exact) mass is 290 g/mol. The molecule has 0 spiro atoms. The Labute approximate surface area is 116 Å². The summed E-state index contributed by atoms with van der Waals surface area (Å²) in [5.41, 5.74) is 0.432. The van der Waals surface area contributed by atoms with Crippen molar-refractivity contribution in [2.24, 2.45) is 0 Å². The van der Waals surface area contributed by atoms with Crippen molar-refractivity contribution in [2.45, 2.75) is 19.8 Å². The summed E-state index contributed by atoms with van der Waals surface area (Å²) >= 11 is 0. The van der Waals surface area contributed by atoms with Crippen LogP contribution in [0.25, 0.3) is 0 Å². The van der Waals surface area contributed by atoms with Crippen LogP contribution in [0.2, 0.25) is 0 Å². The maximum absolute atomic E-state index is 11.8. The van der Waals surface area contributed by atoms with Gasteiger partial charge in [0.15, 0.2) is 6.54 Å². The number of carbonyl (C=O) groups is 1. The fraction of sp³-hybridized carbons (Fsp3) is 0.692. The molecular weight excluding hydrogens is 265 g/mol. The third kappa shape index (κ3) is 9.79. The number of ether oxygens (including phenoxy) is 1. The van der Waals surface area contributed by atoms with Crippen molar-refractivity contribution < 1.29 is 24.0 Å². The fourth-order valence-corrected chi connectivity index (χ4v) is 2.63. The number of aliphatic hydroxyl groups excluding tert-OH is 1. The van der Waals surface area contributed by atoms with Crippen LogP contribution in [0.1, 0.15) is 19.8 Å². The van der Waals surface area contributed by atoms with Crippen molar-refractivity contribution in [1.82, 2.24) is 0 Å². The zero-order valence-corrected chi connectivity index (χ0v) is 13.2. The summed E-state index contributed by atoms with van der Waals surface area (Å²) in [6.45, 7) is 5.76. The lowest BCUT2D eigenvalue weighted by Crippen LogP contribution is -2.39. The van der Waals surface area contributed by atoms with Crippen LogP contribution in [-0.4, -0.2) is 61.5 Å². The van der Waals surface area contributed by atoms with Crippen molar-refractivity contribution in [2.75, 3.05) is 40.5 Å². The lowest BCUT2D eigenvalue weighted by Gasteiger charge is -2.22. The molecule has 0 aromatic carbocycles. The Balaban J connectivity index is 3.91. The minimum Gasteiger partial charge on any atom is -0.629 e. The van der Waals surface area contributed by atoms with Gasteiger partial charge in [-0.1, -0.05) is 6.58 Å². The van der Waals surface area contributed by atoms with Gasteiger partial charge in [0.25, 0.3) is 5.48 Å². The highest BCUT2D eigenvalue weighted by molar-refractivity contribution is 7.51. The zero-order valence-electron chi connectivity index (χ0n) is 12.3. The molecule has 0 aliphatic heterocycles. The molecule has 19 heavy (non-hydrogen) atoms. The SMILES string of the molecule is C=C(C)C(=O)OCCCC/[P+]([O-])=C(\O)C[N+](C)(C)C. The number of nitrogens with zero attached hydrogens (tertiary/aromatic N) is 1. The molecule has 0 saturated carbocycles. The van der Waals surface area contributed by atoms with Gasteiger partial charge in [-0.05, 0) is 19.8 Å². The van der Waals surface area contributed by atoms with Gasteiger partial charge in [-0.2, -0.15) is 0 Å². The van der Waals surface area contributed by atoms with E-state index >= 15 is 0 Å². The number of rotatable bonds is 8. The van der Waals surface area contributed by atoms with Gasteiger partial charge >= 0.3 is 5.97 Å². The second-order valence-electron chi connectivity index (χ2n) is 5.59. The number of hydrogen-bond donors (Lipinski definition) is 1. The van der Waals surface area contributed by atoms with Gasteiger partial charge in [-0.15, -0.1) is 0 Å². The third-order valence-corrected chi connectivity index (χ3v) is 3.68. The summed E-state index contributed by atoms with van der Waals surface area (Å²) in [6.07, 6.45) is 1.71. The molecule has 0 fully saturated rings. The van der Waals surface area contributed by atoms with Crippen LogP contribution in [0.5, 0.6) is 0 Å². The lowest BCUT2D eigenvalue weighted by atomic mass is 10.3. The van der Waals surface area contributed by atoms with E-state index in [0.29, 0.717) is 42.2 Å². The molecule has 0 aliphatic carbocycles. The molecule has 0 aromatic rings. The lowest BCUT2D eigenvalue weighted by molar-refractivity contribution is -0.861. The summed E-state index contributed by atoms with van der Waals surface area (Å²) < 4.78 is 5.47. The summed E-state index contributed by atoms with van der Waals surface area (Å²) in [7, 11) is 4.08. The summed E-state index contributed by atoms with van der Waals surface area (Å²) in [5, 5.41) is 9.69. The molecule has 0 heterocycles. The predicted molar refractivity (Wildman–Crippen MR) is 76.6 cm³/mol. The fourth-order valence-electron chi connectivity index (χ4n) is 1.28. The first-order valence-electron chi connectivity index (χ1n) is 6.26. The Hall–Kier alpha value is -0.740.